The number of phenolic OH excluding ortho intramolecular Hbond substituents is 1. The second-order valence-electron chi connectivity index (χ2n) is 2.88. The van der Waals surface area contributed by atoms with Crippen LogP contribution in [0.1, 0.15) is 12.5 Å². The molecule has 4 heteroatoms. The first-order valence-electron chi connectivity index (χ1n) is 4.20. The summed E-state index contributed by atoms with van der Waals surface area (Å²) in [6, 6.07) is 4.96. The molecule has 0 aliphatic carbocycles. The van der Waals surface area contributed by atoms with E-state index in [-0.39, 0.29) is 11.7 Å². The summed E-state index contributed by atoms with van der Waals surface area (Å²) in [5.41, 5.74) is 0.883. The van der Waals surface area contributed by atoms with Crippen LogP contribution in [0.5, 0.6) is 5.75 Å². The second kappa shape index (κ2) is 4.86. The number of carbonyl (C=O) groups is 1. The highest BCUT2D eigenvalue weighted by Crippen LogP contribution is 2.23. The van der Waals surface area contributed by atoms with Crippen LogP contribution in [0, 0.1) is 0 Å². The number of hydrogen-bond donors (Lipinski definition) is 1. The lowest BCUT2D eigenvalue weighted by atomic mass is 10.1. The van der Waals surface area contributed by atoms with Crippen molar-refractivity contribution in [1.82, 2.24) is 0 Å². The average molecular weight is 215 g/mol. The third kappa shape index (κ3) is 3.26. The summed E-state index contributed by atoms with van der Waals surface area (Å²) in [7, 11) is 0. The van der Waals surface area contributed by atoms with Crippen LogP contribution in [0.4, 0.5) is 0 Å². The van der Waals surface area contributed by atoms with Crippen LogP contribution in [0.2, 0.25) is 5.02 Å². The Bertz CT molecular complexity index is 336. The van der Waals surface area contributed by atoms with E-state index in [2.05, 4.69) is 0 Å². The van der Waals surface area contributed by atoms with E-state index in [0.29, 0.717) is 18.1 Å². The molecule has 0 unspecified atom stereocenters. The van der Waals surface area contributed by atoms with Gasteiger partial charge in [-0.3, -0.25) is 4.79 Å². The van der Waals surface area contributed by atoms with E-state index in [1.807, 2.05) is 0 Å². The lowest BCUT2D eigenvalue weighted by molar-refractivity contribution is -0.140. The molecule has 1 aromatic carbocycles. The third-order valence-corrected chi connectivity index (χ3v) is 2.03. The Hall–Kier alpha value is -1.22. The normalized spacial score (nSPS) is 9.86. The molecule has 1 rings (SSSR count). The fourth-order valence-electron chi connectivity index (χ4n) is 1.03. The molecule has 0 heterocycles. The Morgan fingerprint density at radius 2 is 2.29 bits per heavy atom. The van der Waals surface area contributed by atoms with Crippen LogP contribution >= 0.6 is 11.6 Å². The van der Waals surface area contributed by atoms with Gasteiger partial charge in [-0.1, -0.05) is 17.7 Å². The van der Waals surface area contributed by atoms with Gasteiger partial charge in [-0.15, -0.1) is 0 Å². The fourth-order valence-corrected chi connectivity index (χ4v) is 1.14. The first kappa shape index (κ1) is 10.9. The van der Waals surface area contributed by atoms with E-state index in [4.69, 9.17) is 16.3 Å². The third-order valence-electron chi connectivity index (χ3n) is 1.71. The van der Waals surface area contributed by atoms with E-state index in [1.165, 1.54) is 6.92 Å². The van der Waals surface area contributed by atoms with Gasteiger partial charge in [0, 0.05) is 13.3 Å². The van der Waals surface area contributed by atoms with E-state index in [0.717, 1.165) is 5.56 Å². The van der Waals surface area contributed by atoms with E-state index < -0.39 is 0 Å². The van der Waals surface area contributed by atoms with Gasteiger partial charge in [0.25, 0.3) is 0 Å². The van der Waals surface area contributed by atoms with Crippen LogP contribution < -0.4 is 0 Å². The van der Waals surface area contributed by atoms with E-state index >= 15 is 0 Å². The molecule has 0 aliphatic heterocycles. The van der Waals surface area contributed by atoms with E-state index in [9.17, 15) is 9.90 Å². The van der Waals surface area contributed by atoms with Crippen molar-refractivity contribution in [3.63, 3.8) is 0 Å². The largest absolute Gasteiger partial charge is 0.506 e. The Balaban J connectivity index is 2.51. The van der Waals surface area contributed by atoms with Gasteiger partial charge in [0.2, 0.25) is 0 Å². The molecule has 3 nitrogen and oxygen atoms in total. The maximum atomic E-state index is 10.5. The molecule has 1 N–H and O–H groups in total. The van der Waals surface area contributed by atoms with Crippen LogP contribution in [0.25, 0.3) is 0 Å². The number of benzene rings is 1. The second-order valence-corrected chi connectivity index (χ2v) is 3.28. The number of aromatic hydroxyl groups is 1. The molecule has 76 valence electrons. The number of hydrogen-bond acceptors (Lipinski definition) is 3. The molecule has 0 bridgehead atoms. The highest BCUT2D eigenvalue weighted by Gasteiger charge is 2.00. The molecule has 0 aliphatic rings. The van der Waals surface area contributed by atoms with Gasteiger partial charge in [0.15, 0.2) is 0 Å². The number of esters is 1. The molecular weight excluding hydrogens is 204 g/mol. The first-order valence-corrected chi connectivity index (χ1v) is 4.58. The van der Waals surface area contributed by atoms with Gasteiger partial charge in [-0.2, -0.15) is 0 Å². The standard InChI is InChI=1S/C10H11ClO3/c1-7(12)14-5-4-8-2-3-9(11)10(13)6-8/h2-3,6,13H,4-5H2,1H3. The minimum Gasteiger partial charge on any atom is -0.506 e. The summed E-state index contributed by atoms with van der Waals surface area (Å²) in [5.74, 6) is -0.254. The maximum Gasteiger partial charge on any atom is 0.302 e. The summed E-state index contributed by atoms with van der Waals surface area (Å²) in [4.78, 5) is 10.5. The van der Waals surface area contributed by atoms with Crippen molar-refractivity contribution in [3.8, 4) is 5.75 Å². The molecule has 0 aromatic heterocycles. The zero-order valence-corrected chi connectivity index (χ0v) is 8.54. The van der Waals surface area contributed by atoms with Gasteiger partial charge in [-0.25, -0.2) is 0 Å². The Kier molecular flexibility index (Phi) is 3.77. The van der Waals surface area contributed by atoms with Crippen molar-refractivity contribution in [3.05, 3.63) is 28.8 Å². The summed E-state index contributed by atoms with van der Waals surface area (Å²) >= 11 is 5.63. The predicted molar refractivity (Wildman–Crippen MR) is 53.5 cm³/mol. The number of rotatable bonds is 3. The highest BCUT2D eigenvalue weighted by atomic mass is 35.5. The molecule has 0 saturated heterocycles. The van der Waals surface area contributed by atoms with Gasteiger partial charge < -0.3 is 9.84 Å². The van der Waals surface area contributed by atoms with Crippen molar-refractivity contribution in [1.29, 1.82) is 0 Å². The SMILES string of the molecule is CC(=O)OCCc1ccc(Cl)c(O)c1. The summed E-state index contributed by atoms with van der Waals surface area (Å²) < 4.78 is 4.76. The van der Waals surface area contributed by atoms with Gasteiger partial charge in [0.05, 0.1) is 11.6 Å². The number of carbonyl (C=O) groups excluding carboxylic acids is 1. The van der Waals surface area contributed by atoms with Crippen molar-refractivity contribution >= 4 is 17.6 Å². The van der Waals surface area contributed by atoms with Crippen LogP contribution in [0.15, 0.2) is 18.2 Å². The molecule has 0 atom stereocenters. The lowest BCUT2D eigenvalue weighted by Gasteiger charge is -2.03. The van der Waals surface area contributed by atoms with Crippen LogP contribution in [0.3, 0.4) is 0 Å². The lowest BCUT2D eigenvalue weighted by Crippen LogP contribution is -2.03. The summed E-state index contributed by atoms with van der Waals surface area (Å²) in [6.07, 6.45) is 0.574. The Morgan fingerprint density at radius 3 is 2.86 bits per heavy atom. The van der Waals surface area contributed by atoms with Gasteiger partial charge in [-0.05, 0) is 17.7 Å². The van der Waals surface area contributed by atoms with Crippen molar-refractivity contribution < 1.29 is 14.6 Å². The number of ether oxygens (including phenoxy) is 1. The van der Waals surface area contributed by atoms with E-state index in [1.54, 1.807) is 18.2 Å². The molecule has 14 heavy (non-hydrogen) atoms. The predicted octanol–water partition coefficient (Wildman–Crippen LogP) is 2.15. The van der Waals surface area contributed by atoms with Crippen LogP contribution in [-0.2, 0) is 16.0 Å². The quantitative estimate of drug-likeness (QED) is 0.785. The summed E-state index contributed by atoms with van der Waals surface area (Å²) in [6.45, 7) is 1.68. The maximum absolute atomic E-state index is 10.5. The summed E-state index contributed by atoms with van der Waals surface area (Å²) in [5, 5.41) is 9.59. The Labute approximate surface area is 87.3 Å². The van der Waals surface area contributed by atoms with Crippen LogP contribution in [-0.4, -0.2) is 17.7 Å². The van der Waals surface area contributed by atoms with Gasteiger partial charge in [0.1, 0.15) is 5.75 Å². The first-order chi connectivity index (χ1) is 6.59. The molecule has 0 amide bonds. The van der Waals surface area contributed by atoms with Crippen molar-refractivity contribution in [2.75, 3.05) is 6.61 Å². The molecule has 0 fully saturated rings. The molecule has 0 saturated carbocycles. The minimum absolute atomic E-state index is 0.0481. The molecule has 0 radical (unpaired) electrons. The minimum atomic E-state index is -0.303. The number of halogens is 1. The molecular formula is C10H11ClO3. The zero-order valence-electron chi connectivity index (χ0n) is 7.79. The highest BCUT2D eigenvalue weighted by molar-refractivity contribution is 6.31. The molecule has 0 spiro atoms. The Morgan fingerprint density at radius 1 is 1.57 bits per heavy atom. The molecule has 1 aromatic rings. The smallest absolute Gasteiger partial charge is 0.302 e. The number of phenols is 1. The fraction of sp³-hybridized carbons (Fsp3) is 0.300. The average Bonchev–Trinajstić information content (AvgIpc) is 2.10. The van der Waals surface area contributed by atoms with Crippen molar-refractivity contribution in [2.45, 2.75) is 13.3 Å². The topological polar surface area (TPSA) is 46.5 Å². The van der Waals surface area contributed by atoms with Gasteiger partial charge >= 0.3 is 5.97 Å². The van der Waals surface area contributed by atoms with Crippen molar-refractivity contribution in [2.24, 2.45) is 0 Å². The zero-order chi connectivity index (χ0) is 10.6. The monoisotopic (exact) mass is 214 g/mol.